The Kier molecular flexibility index (Phi) is 4.10. The number of benzene rings is 1. The Bertz CT molecular complexity index is 839. The van der Waals surface area contributed by atoms with Crippen LogP contribution in [0.1, 0.15) is 13.3 Å². The van der Waals surface area contributed by atoms with Gasteiger partial charge in [0.15, 0.2) is 10.9 Å². The zero-order valence-corrected chi connectivity index (χ0v) is 12.7. The van der Waals surface area contributed by atoms with E-state index in [9.17, 15) is 9.59 Å². The molecule has 0 saturated carbocycles. The van der Waals surface area contributed by atoms with E-state index < -0.39 is 5.97 Å². The van der Waals surface area contributed by atoms with Crippen LogP contribution in [0.25, 0.3) is 16.8 Å². The fraction of sp³-hybridized carbons (Fsp3) is 0.286. The Morgan fingerprint density at radius 2 is 2.18 bits per heavy atom. The third-order valence-corrected chi connectivity index (χ3v) is 4.01. The fourth-order valence-electron chi connectivity index (χ4n) is 2.11. The molecule has 0 aliphatic heterocycles. The average Bonchev–Trinajstić information content (AvgIpc) is 3.04. The molecule has 2 aromatic heterocycles. The van der Waals surface area contributed by atoms with E-state index in [1.807, 2.05) is 28.7 Å². The molecule has 2 heterocycles. The number of hydrogen-bond donors (Lipinski definition) is 1. The summed E-state index contributed by atoms with van der Waals surface area (Å²) in [6.45, 7) is 1.99. The van der Waals surface area contributed by atoms with Crippen LogP contribution < -0.4 is 0 Å². The van der Waals surface area contributed by atoms with Crippen LogP contribution >= 0.6 is 11.8 Å². The molecular weight excluding hydrogens is 304 g/mol. The molecule has 0 saturated heterocycles. The highest BCUT2D eigenvalue weighted by molar-refractivity contribution is 7.99. The molecule has 0 fully saturated rings. The molecule has 0 aliphatic rings. The second kappa shape index (κ2) is 6.18. The number of hydrogen-bond acceptors (Lipinski definition) is 6. The van der Waals surface area contributed by atoms with Gasteiger partial charge in [-0.15, -0.1) is 5.10 Å². The highest BCUT2D eigenvalue weighted by Crippen LogP contribution is 2.22. The average molecular weight is 318 g/mol. The third-order valence-electron chi connectivity index (χ3n) is 3.01. The quantitative estimate of drug-likeness (QED) is 0.424. The number of carbonyl (C=O) groups excluding carboxylic acids is 2. The van der Waals surface area contributed by atoms with Gasteiger partial charge in [0, 0.05) is 0 Å². The first kappa shape index (κ1) is 14.6. The topological polar surface area (TPSA) is 89.4 Å². The lowest BCUT2D eigenvalue weighted by atomic mass is 10.3. The fourth-order valence-corrected chi connectivity index (χ4v) is 2.92. The number of esters is 1. The van der Waals surface area contributed by atoms with Crippen LogP contribution in [0.5, 0.6) is 0 Å². The van der Waals surface area contributed by atoms with E-state index in [2.05, 4.69) is 15.2 Å². The lowest BCUT2D eigenvalue weighted by molar-refractivity contribution is -0.145. The van der Waals surface area contributed by atoms with E-state index in [4.69, 9.17) is 4.74 Å². The first-order chi connectivity index (χ1) is 10.7. The van der Waals surface area contributed by atoms with Gasteiger partial charge >= 0.3 is 5.97 Å². The van der Waals surface area contributed by atoms with E-state index in [1.54, 1.807) is 6.92 Å². The predicted octanol–water partition coefficient (Wildman–Crippen LogP) is 1.82. The van der Waals surface area contributed by atoms with Crippen LogP contribution in [0.2, 0.25) is 0 Å². The van der Waals surface area contributed by atoms with Crippen molar-refractivity contribution in [2.45, 2.75) is 18.5 Å². The van der Waals surface area contributed by atoms with Gasteiger partial charge in [0.25, 0.3) is 0 Å². The molecule has 1 aromatic carbocycles. The summed E-state index contributed by atoms with van der Waals surface area (Å²) < 4.78 is 6.62. The minimum Gasteiger partial charge on any atom is -0.466 e. The predicted molar refractivity (Wildman–Crippen MR) is 81.8 cm³/mol. The Morgan fingerprint density at radius 1 is 1.36 bits per heavy atom. The minimum atomic E-state index is -0.492. The van der Waals surface area contributed by atoms with Crippen LogP contribution in [0.15, 0.2) is 29.4 Å². The molecule has 3 aromatic rings. The summed E-state index contributed by atoms with van der Waals surface area (Å²) in [5.74, 6) is 0.101. The summed E-state index contributed by atoms with van der Waals surface area (Å²) in [6.07, 6.45) is -0.209. The summed E-state index contributed by atoms with van der Waals surface area (Å²) in [7, 11) is 0. The van der Waals surface area contributed by atoms with Gasteiger partial charge in [0.1, 0.15) is 6.42 Å². The summed E-state index contributed by atoms with van der Waals surface area (Å²) in [5, 5.41) is 7.64. The monoisotopic (exact) mass is 318 g/mol. The number of aromatic nitrogens is 4. The van der Waals surface area contributed by atoms with Crippen LogP contribution in [0.4, 0.5) is 0 Å². The molecule has 0 unspecified atom stereocenters. The van der Waals surface area contributed by atoms with Gasteiger partial charge in [-0.25, -0.2) is 10.1 Å². The molecule has 7 nitrogen and oxygen atoms in total. The molecule has 114 valence electrons. The molecule has 1 N–H and O–H groups in total. The Morgan fingerprint density at radius 3 is 3.00 bits per heavy atom. The maximum absolute atomic E-state index is 11.8. The van der Waals surface area contributed by atoms with E-state index >= 15 is 0 Å². The number of nitrogens with zero attached hydrogens (tertiary/aromatic N) is 3. The maximum atomic E-state index is 11.8. The van der Waals surface area contributed by atoms with Crippen molar-refractivity contribution in [2.75, 3.05) is 12.4 Å². The largest absolute Gasteiger partial charge is 0.466 e. The molecule has 0 radical (unpaired) electrons. The third kappa shape index (κ3) is 2.82. The summed E-state index contributed by atoms with van der Waals surface area (Å²) in [6, 6.07) is 7.69. The lowest BCUT2D eigenvalue weighted by Gasteiger charge is -2.01. The molecule has 8 heteroatoms. The van der Waals surface area contributed by atoms with Crippen molar-refractivity contribution in [3.05, 3.63) is 24.3 Å². The molecular formula is C14H14N4O3S. The number of thioether (sulfide) groups is 1. The molecule has 0 bridgehead atoms. The molecule has 0 spiro atoms. The second-order valence-corrected chi connectivity index (χ2v) is 5.52. The van der Waals surface area contributed by atoms with Crippen LogP contribution in [0, 0.1) is 0 Å². The lowest BCUT2D eigenvalue weighted by Crippen LogP contribution is -2.12. The van der Waals surface area contributed by atoms with Crippen molar-refractivity contribution in [2.24, 2.45) is 0 Å². The van der Waals surface area contributed by atoms with Gasteiger partial charge in [0.2, 0.25) is 5.78 Å². The van der Waals surface area contributed by atoms with E-state index in [-0.39, 0.29) is 24.6 Å². The van der Waals surface area contributed by atoms with Gasteiger partial charge in [-0.1, -0.05) is 23.9 Å². The smallest absolute Gasteiger partial charge is 0.313 e. The number of Topliss-reactive ketones (excluding diaryl/α,β-unsaturated/α-hetero) is 1. The normalized spacial score (nSPS) is 11.1. The van der Waals surface area contributed by atoms with Gasteiger partial charge in [-0.3, -0.25) is 14.0 Å². The number of rotatable bonds is 6. The summed E-state index contributed by atoms with van der Waals surface area (Å²) in [5.41, 5.74) is 1.78. The highest BCUT2D eigenvalue weighted by atomic mass is 32.2. The standard InChI is InChI=1S/C14H14N4O3S/c1-2-21-12(20)7-9(19)8-22-14-17-16-13-15-10-5-3-4-6-11(10)18(13)14/h3-6H,2,7-8H2,1H3,(H,15,16). The number of aromatic amines is 1. The van der Waals surface area contributed by atoms with Gasteiger partial charge in [-0.05, 0) is 19.1 Å². The Balaban J connectivity index is 1.74. The zero-order chi connectivity index (χ0) is 15.5. The molecule has 0 aliphatic carbocycles. The molecule has 22 heavy (non-hydrogen) atoms. The van der Waals surface area contributed by atoms with Gasteiger partial charge in [-0.2, -0.15) is 0 Å². The van der Waals surface area contributed by atoms with Crippen LogP contribution in [-0.2, 0) is 14.3 Å². The first-order valence-corrected chi connectivity index (χ1v) is 7.79. The summed E-state index contributed by atoms with van der Waals surface area (Å²) in [4.78, 5) is 27.5. The molecule has 3 rings (SSSR count). The SMILES string of the molecule is CCOC(=O)CC(=O)CSc1n[nH]c2nc3ccccc3n12. The number of ketones is 1. The van der Waals surface area contributed by atoms with Crippen molar-refractivity contribution < 1.29 is 14.3 Å². The molecule has 0 amide bonds. The number of nitrogens with one attached hydrogen (secondary N) is 1. The van der Waals surface area contributed by atoms with Gasteiger partial charge < -0.3 is 4.74 Å². The second-order valence-electron chi connectivity index (χ2n) is 4.57. The first-order valence-electron chi connectivity index (χ1n) is 6.80. The van der Waals surface area contributed by atoms with E-state index in [0.717, 1.165) is 11.0 Å². The number of carbonyl (C=O) groups is 2. The van der Waals surface area contributed by atoms with Crippen LogP contribution in [0.3, 0.4) is 0 Å². The number of fused-ring (bicyclic) bond motifs is 3. The number of ether oxygens (including phenoxy) is 1. The zero-order valence-electron chi connectivity index (χ0n) is 11.9. The molecule has 0 atom stereocenters. The van der Waals surface area contributed by atoms with Crippen molar-refractivity contribution in [3.63, 3.8) is 0 Å². The number of para-hydroxylation sites is 2. The van der Waals surface area contributed by atoms with Gasteiger partial charge in [0.05, 0.1) is 23.4 Å². The van der Waals surface area contributed by atoms with Crippen molar-refractivity contribution in [1.82, 2.24) is 19.6 Å². The number of imidazole rings is 1. The Labute approximate surface area is 130 Å². The van der Waals surface area contributed by atoms with Crippen molar-refractivity contribution >= 4 is 40.3 Å². The Hall–Kier alpha value is -2.35. The number of H-pyrrole nitrogens is 1. The van der Waals surface area contributed by atoms with Crippen LogP contribution in [-0.4, -0.2) is 43.7 Å². The minimum absolute atomic E-state index is 0.158. The van der Waals surface area contributed by atoms with E-state index in [0.29, 0.717) is 10.9 Å². The highest BCUT2D eigenvalue weighted by Gasteiger charge is 2.15. The summed E-state index contributed by atoms with van der Waals surface area (Å²) >= 11 is 1.27. The van der Waals surface area contributed by atoms with Crippen molar-refractivity contribution in [3.8, 4) is 0 Å². The van der Waals surface area contributed by atoms with Crippen molar-refractivity contribution in [1.29, 1.82) is 0 Å². The van der Waals surface area contributed by atoms with E-state index in [1.165, 1.54) is 11.8 Å². The maximum Gasteiger partial charge on any atom is 0.313 e.